The van der Waals surface area contributed by atoms with Crippen LogP contribution in [0.25, 0.3) is 5.69 Å². The molecule has 0 spiro atoms. The van der Waals surface area contributed by atoms with Crippen molar-refractivity contribution in [2.24, 2.45) is 4.99 Å². The van der Waals surface area contributed by atoms with Crippen LogP contribution in [0.5, 0.6) is 0 Å². The summed E-state index contributed by atoms with van der Waals surface area (Å²) in [6.07, 6.45) is 5.46. The number of aromatic nitrogens is 2. The fraction of sp³-hybridized carbons (Fsp3) is 0.261. The second kappa shape index (κ2) is 10.9. The predicted octanol–water partition coefficient (Wildman–Crippen LogP) is 2.79. The second-order valence-corrected chi connectivity index (χ2v) is 7.14. The zero-order valence-electron chi connectivity index (χ0n) is 17.5. The van der Waals surface area contributed by atoms with Gasteiger partial charge in [0, 0.05) is 38.2 Å². The van der Waals surface area contributed by atoms with E-state index in [2.05, 4.69) is 51.1 Å². The van der Waals surface area contributed by atoms with Crippen molar-refractivity contribution in [3.8, 4) is 5.69 Å². The molecule has 1 aromatic heterocycles. The Bertz CT molecular complexity index is 1020. The van der Waals surface area contributed by atoms with E-state index in [1.807, 2.05) is 40.0 Å². The maximum atomic E-state index is 12.6. The molecule has 0 radical (unpaired) electrons. The van der Waals surface area contributed by atoms with Crippen LogP contribution in [0.4, 0.5) is 5.69 Å². The first-order chi connectivity index (χ1) is 14.7. The van der Waals surface area contributed by atoms with Crippen molar-refractivity contribution in [3.63, 3.8) is 0 Å². The van der Waals surface area contributed by atoms with Crippen LogP contribution in [-0.4, -0.2) is 48.3 Å². The molecule has 31 heavy (non-hydrogen) atoms. The summed E-state index contributed by atoms with van der Waals surface area (Å²) in [5.41, 5.74) is 4.51. The summed E-state index contributed by atoms with van der Waals surface area (Å²) < 4.78 is 1.84. The highest BCUT2D eigenvalue weighted by Crippen LogP contribution is 2.27. The summed E-state index contributed by atoms with van der Waals surface area (Å²) in [6.45, 7) is 1.68. The third kappa shape index (κ3) is 5.63. The first kappa shape index (κ1) is 22.8. The lowest BCUT2D eigenvalue weighted by atomic mass is 10.1. The Hall–Kier alpha value is -2.88. The van der Waals surface area contributed by atoms with Gasteiger partial charge in [0.1, 0.15) is 0 Å². The van der Waals surface area contributed by atoms with E-state index in [-0.39, 0.29) is 36.4 Å². The average molecular weight is 530 g/mol. The molecule has 3 aromatic rings. The maximum Gasteiger partial charge on any atom is 0.246 e. The van der Waals surface area contributed by atoms with E-state index >= 15 is 0 Å². The molecule has 162 valence electrons. The van der Waals surface area contributed by atoms with E-state index < -0.39 is 0 Å². The Labute approximate surface area is 199 Å². The Kier molecular flexibility index (Phi) is 8.05. The average Bonchev–Trinajstić information content (AvgIpc) is 3.46. The van der Waals surface area contributed by atoms with E-state index in [0.29, 0.717) is 5.96 Å². The topological polar surface area (TPSA) is 74.5 Å². The van der Waals surface area contributed by atoms with Gasteiger partial charge < -0.3 is 15.5 Å². The fourth-order valence-corrected chi connectivity index (χ4v) is 3.63. The molecule has 0 aliphatic carbocycles. The molecule has 1 aliphatic rings. The molecule has 0 unspecified atom stereocenters. The van der Waals surface area contributed by atoms with E-state index in [4.69, 9.17) is 0 Å². The largest absolute Gasteiger partial charge is 0.356 e. The minimum Gasteiger partial charge on any atom is -0.356 e. The number of guanidine groups is 1. The van der Waals surface area contributed by atoms with Gasteiger partial charge in [0.05, 0.1) is 12.2 Å². The maximum absolute atomic E-state index is 12.6. The smallest absolute Gasteiger partial charge is 0.246 e. The molecule has 2 heterocycles. The first-order valence-corrected chi connectivity index (χ1v) is 10.2. The second-order valence-electron chi connectivity index (χ2n) is 7.14. The van der Waals surface area contributed by atoms with Gasteiger partial charge in [-0.3, -0.25) is 9.79 Å². The van der Waals surface area contributed by atoms with Crippen molar-refractivity contribution in [2.75, 3.05) is 31.6 Å². The lowest BCUT2D eigenvalue weighted by molar-refractivity contribution is -0.117. The number of rotatable bonds is 6. The number of para-hydroxylation sites is 1. The number of carbonyl (C=O) groups excluding carboxylic acids is 1. The molecule has 1 aliphatic heterocycles. The van der Waals surface area contributed by atoms with Crippen LogP contribution in [0.15, 0.2) is 72.0 Å². The van der Waals surface area contributed by atoms with Gasteiger partial charge in [0.2, 0.25) is 5.91 Å². The highest BCUT2D eigenvalue weighted by atomic mass is 127. The van der Waals surface area contributed by atoms with Crippen LogP contribution in [0.1, 0.15) is 11.1 Å². The number of anilines is 1. The number of halogens is 1. The number of fused-ring (bicyclic) bond motifs is 1. The summed E-state index contributed by atoms with van der Waals surface area (Å²) >= 11 is 0. The van der Waals surface area contributed by atoms with Crippen molar-refractivity contribution >= 4 is 41.5 Å². The molecule has 7 nitrogen and oxygen atoms in total. The van der Waals surface area contributed by atoms with Gasteiger partial charge in [-0.1, -0.05) is 30.3 Å². The van der Waals surface area contributed by atoms with Gasteiger partial charge in [-0.15, -0.1) is 24.0 Å². The van der Waals surface area contributed by atoms with Crippen LogP contribution in [0, 0.1) is 0 Å². The fourth-order valence-electron chi connectivity index (χ4n) is 3.63. The number of hydrogen-bond donors (Lipinski definition) is 2. The van der Waals surface area contributed by atoms with E-state index in [1.54, 1.807) is 13.2 Å². The Morgan fingerprint density at radius 1 is 1.10 bits per heavy atom. The predicted molar refractivity (Wildman–Crippen MR) is 135 cm³/mol. The quantitative estimate of drug-likeness (QED) is 0.292. The zero-order valence-corrected chi connectivity index (χ0v) is 19.8. The number of benzene rings is 2. The van der Waals surface area contributed by atoms with Gasteiger partial charge >= 0.3 is 0 Å². The summed E-state index contributed by atoms with van der Waals surface area (Å²) in [6, 6.07) is 18.3. The molecular formula is C23H27IN6O. The minimum absolute atomic E-state index is 0. The molecule has 4 rings (SSSR count). The van der Waals surface area contributed by atoms with Crippen LogP contribution in [-0.2, 0) is 17.6 Å². The number of aliphatic imine (C=N–C) groups is 1. The highest BCUT2D eigenvalue weighted by Gasteiger charge is 2.23. The van der Waals surface area contributed by atoms with Gasteiger partial charge in [-0.2, -0.15) is 5.10 Å². The first-order valence-electron chi connectivity index (χ1n) is 10.2. The molecule has 0 fully saturated rings. The Morgan fingerprint density at radius 3 is 2.65 bits per heavy atom. The van der Waals surface area contributed by atoms with Crippen LogP contribution in [0.2, 0.25) is 0 Å². The van der Waals surface area contributed by atoms with Gasteiger partial charge in [0.25, 0.3) is 0 Å². The molecule has 2 aromatic carbocycles. The summed E-state index contributed by atoms with van der Waals surface area (Å²) in [4.78, 5) is 18.7. The number of hydrogen-bond acceptors (Lipinski definition) is 3. The minimum atomic E-state index is 0. The number of nitrogens with zero attached hydrogens (tertiary/aromatic N) is 4. The lowest BCUT2D eigenvalue weighted by Crippen LogP contribution is -2.44. The third-order valence-electron chi connectivity index (χ3n) is 5.23. The van der Waals surface area contributed by atoms with Gasteiger partial charge in [0.15, 0.2) is 5.96 Å². The number of nitrogens with one attached hydrogen (secondary N) is 2. The van der Waals surface area contributed by atoms with E-state index in [1.165, 1.54) is 11.1 Å². The van der Waals surface area contributed by atoms with E-state index in [9.17, 15) is 4.79 Å². The summed E-state index contributed by atoms with van der Waals surface area (Å²) in [5.74, 6) is 0.682. The normalized spacial score (nSPS) is 12.8. The van der Waals surface area contributed by atoms with Crippen molar-refractivity contribution in [1.29, 1.82) is 0 Å². The molecule has 8 heteroatoms. The molecule has 0 saturated carbocycles. The van der Waals surface area contributed by atoms with Crippen LogP contribution >= 0.6 is 24.0 Å². The highest BCUT2D eigenvalue weighted by molar-refractivity contribution is 14.0. The Morgan fingerprint density at radius 2 is 1.90 bits per heavy atom. The van der Waals surface area contributed by atoms with Crippen molar-refractivity contribution < 1.29 is 4.79 Å². The van der Waals surface area contributed by atoms with Crippen LogP contribution < -0.4 is 15.5 Å². The molecule has 0 saturated heterocycles. The SMILES string of the molecule is CN=C(NCCc1ccc(-n2cccn2)cc1)NCC(=O)N1CCc2ccccc21.I. The molecular weight excluding hydrogens is 503 g/mol. The van der Waals surface area contributed by atoms with Crippen molar-refractivity contribution in [3.05, 3.63) is 78.1 Å². The van der Waals surface area contributed by atoms with Gasteiger partial charge in [-0.05, 0) is 48.2 Å². The Balaban J connectivity index is 0.00000272. The molecule has 0 atom stereocenters. The van der Waals surface area contributed by atoms with E-state index in [0.717, 1.165) is 37.3 Å². The monoisotopic (exact) mass is 530 g/mol. The molecule has 2 N–H and O–H groups in total. The third-order valence-corrected chi connectivity index (χ3v) is 5.23. The lowest BCUT2D eigenvalue weighted by Gasteiger charge is -2.19. The molecule has 1 amide bonds. The number of amides is 1. The summed E-state index contributed by atoms with van der Waals surface area (Å²) in [7, 11) is 1.71. The zero-order chi connectivity index (χ0) is 20.8. The summed E-state index contributed by atoms with van der Waals surface area (Å²) in [5, 5.41) is 10.6. The molecule has 0 bridgehead atoms. The van der Waals surface area contributed by atoms with Gasteiger partial charge in [-0.25, -0.2) is 4.68 Å². The standard InChI is InChI=1S/C23H26N6O.HI/c1-24-23(26-17-22(30)28-16-12-19-5-2-3-6-21(19)28)25-14-11-18-7-9-20(10-8-18)29-15-4-13-27-29;/h2-10,13,15H,11-12,14,16-17H2,1H3,(H2,24,25,26);1H. The van der Waals surface area contributed by atoms with Crippen molar-refractivity contribution in [2.45, 2.75) is 12.8 Å². The van der Waals surface area contributed by atoms with Crippen molar-refractivity contribution in [1.82, 2.24) is 20.4 Å². The number of carbonyl (C=O) groups is 1. The van der Waals surface area contributed by atoms with Crippen LogP contribution in [0.3, 0.4) is 0 Å².